The minimum atomic E-state index is -0.444. The second-order valence-corrected chi connectivity index (χ2v) is 5.02. The zero-order chi connectivity index (χ0) is 16.8. The summed E-state index contributed by atoms with van der Waals surface area (Å²) >= 11 is 0. The number of furan rings is 2. The Balaban J connectivity index is 1.52. The van der Waals surface area contributed by atoms with Crippen molar-refractivity contribution in [2.75, 3.05) is 0 Å². The monoisotopic (exact) mass is 324 g/mol. The van der Waals surface area contributed by atoms with Crippen molar-refractivity contribution >= 4 is 12.1 Å². The van der Waals surface area contributed by atoms with E-state index in [2.05, 4.69) is 10.5 Å². The molecule has 1 aromatic carbocycles. The first kappa shape index (κ1) is 15.6. The van der Waals surface area contributed by atoms with Gasteiger partial charge in [-0.25, -0.2) is 5.43 Å². The van der Waals surface area contributed by atoms with Crippen molar-refractivity contribution < 1.29 is 18.4 Å². The highest BCUT2D eigenvalue weighted by molar-refractivity contribution is 5.92. The van der Waals surface area contributed by atoms with Crippen molar-refractivity contribution in [1.82, 2.24) is 5.43 Å². The van der Waals surface area contributed by atoms with Gasteiger partial charge in [0.15, 0.2) is 5.76 Å². The minimum absolute atomic E-state index is 0.162. The summed E-state index contributed by atoms with van der Waals surface area (Å²) in [4.78, 5) is 11.9. The molecular formula is C18H16N2O4. The highest BCUT2D eigenvalue weighted by atomic mass is 16.5. The topological polar surface area (TPSA) is 77.0 Å². The fourth-order valence-electron chi connectivity index (χ4n) is 1.98. The molecule has 6 heteroatoms. The summed E-state index contributed by atoms with van der Waals surface area (Å²) in [5, 5.41) is 3.82. The van der Waals surface area contributed by atoms with E-state index in [9.17, 15) is 4.79 Å². The van der Waals surface area contributed by atoms with E-state index in [0.717, 1.165) is 11.5 Å². The maximum Gasteiger partial charge on any atom is 0.307 e. The van der Waals surface area contributed by atoms with Gasteiger partial charge in [-0.05, 0) is 43.3 Å². The maximum atomic E-state index is 11.9. The van der Waals surface area contributed by atoms with E-state index in [1.165, 1.54) is 6.21 Å². The summed E-state index contributed by atoms with van der Waals surface area (Å²) in [5.41, 5.74) is 2.38. The first-order valence-corrected chi connectivity index (χ1v) is 7.37. The molecule has 0 spiro atoms. The van der Waals surface area contributed by atoms with Gasteiger partial charge in [0.05, 0.1) is 6.21 Å². The van der Waals surface area contributed by atoms with E-state index in [-0.39, 0.29) is 12.4 Å². The Morgan fingerprint density at radius 1 is 1.12 bits per heavy atom. The van der Waals surface area contributed by atoms with Gasteiger partial charge in [-0.3, -0.25) is 4.79 Å². The number of hydrogen-bond acceptors (Lipinski definition) is 5. The van der Waals surface area contributed by atoms with Crippen LogP contribution < -0.4 is 10.2 Å². The van der Waals surface area contributed by atoms with E-state index in [0.29, 0.717) is 11.5 Å². The summed E-state index contributed by atoms with van der Waals surface area (Å²) in [6, 6.07) is 16.2. The van der Waals surface area contributed by atoms with Crippen LogP contribution in [0.15, 0.2) is 68.5 Å². The van der Waals surface area contributed by atoms with Crippen LogP contribution in [0.25, 0.3) is 0 Å². The molecule has 0 saturated carbocycles. The lowest BCUT2D eigenvalue weighted by Gasteiger charge is -2.03. The largest absolute Gasteiger partial charge is 0.486 e. The van der Waals surface area contributed by atoms with E-state index in [1.807, 2.05) is 43.3 Å². The number of hydrazone groups is 1. The molecule has 0 atom stereocenters. The van der Waals surface area contributed by atoms with Gasteiger partial charge < -0.3 is 13.6 Å². The van der Waals surface area contributed by atoms with E-state index >= 15 is 0 Å². The van der Waals surface area contributed by atoms with Crippen molar-refractivity contribution in [1.29, 1.82) is 0 Å². The highest BCUT2D eigenvalue weighted by Crippen LogP contribution is 2.14. The molecule has 3 aromatic rings. The van der Waals surface area contributed by atoms with Gasteiger partial charge in [-0.2, -0.15) is 5.10 Å². The number of benzene rings is 1. The Kier molecular flexibility index (Phi) is 4.76. The molecule has 0 bridgehead atoms. The summed E-state index contributed by atoms with van der Waals surface area (Å²) in [7, 11) is 0. The van der Waals surface area contributed by atoms with Crippen LogP contribution in [0.3, 0.4) is 0 Å². The van der Waals surface area contributed by atoms with Gasteiger partial charge in [-0.15, -0.1) is 0 Å². The molecule has 1 amide bonds. The Labute approximate surface area is 138 Å². The van der Waals surface area contributed by atoms with E-state index < -0.39 is 5.91 Å². The highest BCUT2D eigenvalue weighted by Gasteiger charge is 2.10. The molecule has 122 valence electrons. The molecule has 0 unspecified atom stereocenters. The predicted molar refractivity (Wildman–Crippen MR) is 88.0 cm³/mol. The average Bonchev–Trinajstić information content (AvgIpc) is 3.23. The number of carbonyl (C=O) groups is 1. The first-order chi connectivity index (χ1) is 11.7. The van der Waals surface area contributed by atoms with E-state index in [4.69, 9.17) is 13.6 Å². The fourth-order valence-corrected chi connectivity index (χ4v) is 1.98. The van der Waals surface area contributed by atoms with Gasteiger partial charge in [0, 0.05) is 0 Å². The molecule has 3 rings (SSSR count). The second kappa shape index (κ2) is 7.32. The van der Waals surface area contributed by atoms with Crippen LogP contribution in [0.2, 0.25) is 0 Å². The minimum Gasteiger partial charge on any atom is -0.486 e. The van der Waals surface area contributed by atoms with Crippen LogP contribution in [0.1, 0.15) is 27.8 Å². The molecule has 2 aromatic heterocycles. The smallest absolute Gasteiger partial charge is 0.307 e. The maximum absolute atomic E-state index is 11.9. The lowest BCUT2D eigenvalue weighted by molar-refractivity contribution is 0.0923. The summed E-state index contributed by atoms with van der Waals surface area (Å²) < 4.78 is 16.3. The third kappa shape index (κ3) is 4.13. The standard InChI is InChI=1S/C18H16N2O4/c1-13-7-8-15(23-13)11-19-20-18(21)17-10-9-16(24-17)12-22-14-5-3-2-4-6-14/h2-11H,12H2,1H3,(H,20,21)/b19-11-. The van der Waals surface area contributed by atoms with Crippen molar-refractivity contribution in [2.24, 2.45) is 5.10 Å². The number of hydrogen-bond donors (Lipinski definition) is 1. The number of nitrogens with one attached hydrogen (secondary N) is 1. The number of para-hydroxylation sites is 1. The van der Waals surface area contributed by atoms with Crippen LogP contribution >= 0.6 is 0 Å². The van der Waals surface area contributed by atoms with Crippen LogP contribution in [-0.4, -0.2) is 12.1 Å². The van der Waals surface area contributed by atoms with Crippen LogP contribution in [0, 0.1) is 6.92 Å². The molecule has 0 aliphatic carbocycles. The average molecular weight is 324 g/mol. The van der Waals surface area contributed by atoms with Gasteiger partial charge in [0.2, 0.25) is 0 Å². The van der Waals surface area contributed by atoms with Crippen LogP contribution in [-0.2, 0) is 6.61 Å². The Morgan fingerprint density at radius 3 is 2.71 bits per heavy atom. The Bertz CT molecular complexity index is 834. The first-order valence-electron chi connectivity index (χ1n) is 7.37. The second-order valence-electron chi connectivity index (χ2n) is 5.02. The Hall–Kier alpha value is -3.28. The van der Waals surface area contributed by atoms with Gasteiger partial charge in [0.25, 0.3) is 0 Å². The number of carbonyl (C=O) groups excluding carboxylic acids is 1. The van der Waals surface area contributed by atoms with Crippen LogP contribution in [0.4, 0.5) is 0 Å². The quantitative estimate of drug-likeness (QED) is 0.556. The molecular weight excluding hydrogens is 308 g/mol. The normalized spacial score (nSPS) is 10.9. The lowest BCUT2D eigenvalue weighted by atomic mass is 10.3. The van der Waals surface area contributed by atoms with Crippen LogP contribution in [0.5, 0.6) is 5.75 Å². The molecule has 0 aliphatic heterocycles. The third-order valence-electron chi connectivity index (χ3n) is 3.13. The predicted octanol–water partition coefficient (Wildman–Crippen LogP) is 3.52. The Morgan fingerprint density at radius 2 is 1.96 bits per heavy atom. The summed E-state index contributed by atoms with van der Waals surface area (Å²) in [5.74, 6) is 2.34. The zero-order valence-electron chi connectivity index (χ0n) is 13.1. The van der Waals surface area contributed by atoms with Crippen molar-refractivity contribution in [3.05, 3.63) is 77.6 Å². The molecule has 2 heterocycles. The molecule has 1 N–H and O–H groups in total. The number of amides is 1. The molecule has 0 fully saturated rings. The molecule has 0 saturated heterocycles. The van der Waals surface area contributed by atoms with Crippen molar-refractivity contribution in [2.45, 2.75) is 13.5 Å². The molecule has 0 aliphatic rings. The zero-order valence-corrected chi connectivity index (χ0v) is 13.1. The number of aryl methyl sites for hydroxylation is 1. The van der Waals surface area contributed by atoms with Gasteiger partial charge in [0.1, 0.15) is 29.6 Å². The summed E-state index contributed by atoms with van der Waals surface area (Å²) in [6.07, 6.45) is 1.42. The van der Waals surface area contributed by atoms with Crippen molar-refractivity contribution in [3.63, 3.8) is 0 Å². The van der Waals surface area contributed by atoms with Gasteiger partial charge >= 0.3 is 5.91 Å². The van der Waals surface area contributed by atoms with Gasteiger partial charge in [-0.1, -0.05) is 18.2 Å². The number of nitrogens with zero attached hydrogens (tertiary/aromatic N) is 1. The summed E-state index contributed by atoms with van der Waals surface area (Å²) in [6.45, 7) is 2.07. The number of ether oxygens (including phenoxy) is 1. The molecule has 0 radical (unpaired) electrons. The van der Waals surface area contributed by atoms with Crippen molar-refractivity contribution in [3.8, 4) is 5.75 Å². The SMILES string of the molecule is Cc1ccc(/C=N\NC(=O)c2ccc(COc3ccccc3)o2)o1. The third-order valence-corrected chi connectivity index (χ3v) is 3.13. The molecule has 24 heavy (non-hydrogen) atoms. The molecule has 6 nitrogen and oxygen atoms in total. The van der Waals surface area contributed by atoms with E-state index in [1.54, 1.807) is 18.2 Å². The lowest BCUT2D eigenvalue weighted by Crippen LogP contribution is -2.16. The fraction of sp³-hybridized carbons (Fsp3) is 0.111. The number of rotatable bonds is 6.